The first-order valence-electron chi connectivity index (χ1n) is 8.50. The maximum absolute atomic E-state index is 12.8. The highest BCUT2D eigenvalue weighted by molar-refractivity contribution is 5.90. The van der Waals surface area contributed by atoms with Crippen molar-refractivity contribution < 1.29 is 14.7 Å². The first kappa shape index (κ1) is 16.0. The fourth-order valence-corrected chi connectivity index (χ4v) is 3.87. The van der Waals surface area contributed by atoms with Crippen molar-refractivity contribution in [2.24, 2.45) is 11.3 Å². The minimum atomic E-state index is -0.907. The average molecular weight is 315 g/mol. The molecule has 0 bridgehead atoms. The Balaban J connectivity index is 1.74. The molecular weight excluding hydrogens is 290 g/mol. The summed E-state index contributed by atoms with van der Waals surface area (Å²) >= 11 is 0. The minimum absolute atomic E-state index is 0.113. The Morgan fingerprint density at radius 2 is 1.91 bits per heavy atom. The summed E-state index contributed by atoms with van der Waals surface area (Å²) < 4.78 is 0. The molecule has 23 heavy (non-hydrogen) atoms. The van der Waals surface area contributed by atoms with Crippen LogP contribution in [0, 0.1) is 11.3 Å². The molecular formula is C19H25NO3. The fourth-order valence-electron chi connectivity index (χ4n) is 3.87. The molecule has 0 saturated heterocycles. The Morgan fingerprint density at radius 1 is 1.22 bits per heavy atom. The number of carboxylic acids is 1. The van der Waals surface area contributed by atoms with E-state index in [1.807, 2.05) is 11.0 Å². The van der Waals surface area contributed by atoms with E-state index in [0.717, 1.165) is 43.2 Å². The predicted molar refractivity (Wildman–Crippen MR) is 88.3 cm³/mol. The second-order valence-electron chi connectivity index (χ2n) is 7.70. The summed E-state index contributed by atoms with van der Waals surface area (Å²) in [5, 5.41) is 9.37. The van der Waals surface area contributed by atoms with E-state index in [-0.39, 0.29) is 11.8 Å². The van der Waals surface area contributed by atoms with Gasteiger partial charge in [0.15, 0.2) is 0 Å². The van der Waals surface area contributed by atoms with Crippen LogP contribution in [0.15, 0.2) is 18.2 Å². The number of benzene rings is 1. The van der Waals surface area contributed by atoms with Crippen molar-refractivity contribution >= 4 is 11.9 Å². The van der Waals surface area contributed by atoms with Crippen LogP contribution in [0.4, 0.5) is 0 Å². The number of aromatic carboxylic acids is 1. The summed E-state index contributed by atoms with van der Waals surface area (Å²) in [6.45, 7) is 5.68. The van der Waals surface area contributed by atoms with E-state index in [4.69, 9.17) is 0 Å². The maximum atomic E-state index is 12.8. The molecule has 1 aromatic rings. The van der Waals surface area contributed by atoms with E-state index in [9.17, 15) is 14.7 Å². The molecule has 0 atom stereocenters. The van der Waals surface area contributed by atoms with Gasteiger partial charge in [0.2, 0.25) is 5.91 Å². The molecule has 1 aromatic carbocycles. The van der Waals surface area contributed by atoms with Crippen LogP contribution in [0.3, 0.4) is 0 Å². The zero-order valence-corrected chi connectivity index (χ0v) is 14.0. The van der Waals surface area contributed by atoms with Gasteiger partial charge in [0, 0.05) is 19.0 Å². The van der Waals surface area contributed by atoms with Gasteiger partial charge in [0.25, 0.3) is 0 Å². The molecule has 0 unspecified atom stereocenters. The molecule has 1 amide bonds. The zero-order valence-electron chi connectivity index (χ0n) is 14.0. The summed E-state index contributed by atoms with van der Waals surface area (Å²) in [7, 11) is 0. The first-order valence-corrected chi connectivity index (χ1v) is 8.50. The molecule has 0 spiro atoms. The van der Waals surface area contributed by atoms with Gasteiger partial charge in [-0.25, -0.2) is 4.79 Å². The number of hydrogen-bond donors (Lipinski definition) is 1. The number of amides is 1. The van der Waals surface area contributed by atoms with Crippen LogP contribution in [0.1, 0.15) is 61.0 Å². The van der Waals surface area contributed by atoms with Crippen molar-refractivity contribution in [3.05, 3.63) is 34.9 Å². The SMILES string of the molecule is CC1(C)CCC(C(=O)N2CCc3cccc(C(=O)O)c3C2)CC1. The normalized spacial score (nSPS) is 20.9. The Hall–Kier alpha value is -1.84. The number of carbonyl (C=O) groups is 2. The van der Waals surface area contributed by atoms with E-state index >= 15 is 0 Å². The summed E-state index contributed by atoms with van der Waals surface area (Å²) in [4.78, 5) is 26.1. The van der Waals surface area contributed by atoms with Crippen LogP contribution < -0.4 is 0 Å². The Bertz CT molecular complexity index is 626. The average Bonchev–Trinajstić information content (AvgIpc) is 2.53. The predicted octanol–water partition coefficient (Wildman–Crippen LogP) is 3.49. The molecule has 1 aliphatic heterocycles. The van der Waals surface area contributed by atoms with Crippen molar-refractivity contribution in [1.82, 2.24) is 4.90 Å². The lowest BCUT2D eigenvalue weighted by Gasteiger charge is -2.37. The van der Waals surface area contributed by atoms with Crippen molar-refractivity contribution in [1.29, 1.82) is 0 Å². The number of fused-ring (bicyclic) bond motifs is 1. The Morgan fingerprint density at radius 3 is 2.57 bits per heavy atom. The third-order valence-electron chi connectivity index (χ3n) is 5.50. The molecule has 3 rings (SSSR count). The molecule has 0 radical (unpaired) electrons. The lowest BCUT2D eigenvalue weighted by molar-refractivity contribution is -0.138. The molecule has 1 fully saturated rings. The molecule has 1 N–H and O–H groups in total. The number of rotatable bonds is 2. The fraction of sp³-hybridized carbons (Fsp3) is 0.579. The van der Waals surface area contributed by atoms with Gasteiger partial charge in [-0.2, -0.15) is 0 Å². The van der Waals surface area contributed by atoms with Gasteiger partial charge in [-0.15, -0.1) is 0 Å². The lowest BCUT2D eigenvalue weighted by Crippen LogP contribution is -2.42. The van der Waals surface area contributed by atoms with Crippen LogP contribution in [0.2, 0.25) is 0 Å². The topological polar surface area (TPSA) is 57.6 Å². The number of nitrogens with zero attached hydrogens (tertiary/aromatic N) is 1. The second-order valence-corrected chi connectivity index (χ2v) is 7.70. The monoisotopic (exact) mass is 315 g/mol. The van der Waals surface area contributed by atoms with Crippen LogP contribution in [0.25, 0.3) is 0 Å². The van der Waals surface area contributed by atoms with Crippen molar-refractivity contribution in [3.63, 3.8) is 0 Å². The summed E-state index contributed by atoms with van der Waals surface area (Å²) in [6.07, 6.45) is 4.84. The number of carbonyl (C=O) groups excluding carboxylic acids is 1. The minimum Gasteiger partial charge on any atom is -0.478 e. The molecule has 0 aromatic heterocycles. The zero-order chi connectivity index (χ0) is 16.6. The van der Waals surface area contributed by atoms with Gasteiger partial charge in [-0.05, 0) is 54.7 Å². The summed E-state index contributed by atoms with van der Waals surface area (Å²) in [5.41, 5.74) is 2.57. The molecule has 124 valence electrons. The third kappa shape index (κ3) is 3.26. The highest BCUT2D eigenvalue weighted by Gasteiger charge is 2.34. The molecule has 1 heterocycles. The molecule has 4 heteroatoms. The molecule has 1 aliphatic carbocycles. The van der Waals surface area contributed by atoms with Crippen molar-refractivity contribution in [2.75, 3.05) is 6.54 Å². The van der Waals surface area contributed by atoms with Crippen LogP contribution in [0.5, 0.6) is 0 Å². The van der Waals surface area contributed by atoms with Gasteiger partial charge < -0.3 is 10.0 Å². The number of carboxylic acid groups (broad SMARTS) is 1. The van der Waals surface area contributed by atoms with E-state index in [2.05, 4.69) is 13.8 Å². The van der Waals surface area contributed by atoms with Gasteiger partial charge in [-0.3, -0.25) is 4.79 Å². The highest BCUT2D eigenvalue weighted by atomic mass is 16.4. The van der Waals surface area contributed by atoms with Gasteiger partial charge in [0.1, 0.15) is 0 Å². The quantitative estimate of drug-likeness (QED) is 0.909. The summed E-state index contributed by atoms with van der Waals surface area (Å²) in [5.74, 6) is -0.580. The van der Waals surface area contributed by atoms with Crippen molar-refractivity contribution in [2.45, 2.75) is 52.5 Å². The molecule has 1 saturated carbocycles. The summed E-state index contributed by atoms with van der Waals surface area (Å²) in [6, 6.07) is 5.41. The molecule has 2 aliphatic rings. The molecule has 4 nitrogen and oxygen atoms in total. The van der Waals surface area contributed by atoms with Crippen LogP contribution in [-0.4, -0.2) is 28.4 Å². The smallest absolute Gasteiger partial charge is 0.336 e. The van der Waals surface area contributed by atoms with E-state index in [1.165, 1.54) is 0 Å². The van der Waals surface area contributed by atoms with Crippen LogP contribution in [-0.2, 0) is 17.8 Å². The third-order valence-corrected chi connectivity index (χ3v) is 5.50. The number of hydrogen-bond acceptors (Lipinski definition) is 2. The second kappa shape index (κ2) is 5.99. The van der Waals surface area contributed by atoms with Crippen LogP contribution >= 0.6 is 0 Å². The maximum Gasteiger partial charge on any atom is 0.336 e. The van der Waals surface area contributed by atoms with E-state index in [0.29, 0.717) is 24.1 Å². The van der Waals surface area contributed by atoms with E-state index < -0.39 is 5.97 Å². The van der Waals surface area contributed by atoms with Gasteiger partial charge >= 0.3 is 5.97 Å². The Kier molecular flexibility index (Phi) is 4.17. The standard InChI is InChI=1S/C19H25NO3/c1-19(2)9-6-14(7-10-19)17(21)20-11-8-13-4-3-5-15(18(22)23)16(13)12-20/h3-5,14H,6-12H2,1-2H3,(H,22,23). The van der Waals surface area contributed by atoms with Gasteiger partial charge in [-0.1, -0.05) is 26.0 Å². The first-order chi connectivity index (χ1) is 10.9. The Labute approximate surface area is 137 Å². The van der Waals surface area contributed by atoms with Crippen molar-refractivity contribution in [3.8, 4) is 0 Å². The van der Waals surface area contributed by atoms with E-state index in [1.54, 1.807) is 12.1 Å². The largest absolute Gasteiger partial charge is 0.478 e. The lowest BCUT2D eigenvalue weighted by atomic mass is 9.72. The van der Waals surface area contributed by atoms with Gasteiger partial charge in [0.05, 0.1) is 5.56 Å². The highest BCUT2D eigenvalue weighted by Crippen LogP contribution is 2.39.